The molecule has 1 heterocycles. The quantitative estimate of drug-likeness (QED) is 0.506. The van der Waals surface area contributed by atoms with Crippen molar-refractivity contribution in [3.05, 3.63) is 58.1 Å². The zero-order valence-electron chi connectivity index (χ0n) is 19.7. The summed E-state index contributed by atoms with van der Waals surface area (Å²) in [5.74, 6) is 0.736. The Morgan fingerprint density at radius 1 is 1.24 bits per heavy atom. The summed E-state index contributed by atoms with van der Waals surface area (Å²) in [4.78, 5) is 15.2. The van der Waals surface area contributed by atoms with E-state index in [4.69, 9.17) is 21.1 Å². The first-order valence-corrected chi connectivity index (χ1v) is 12.0. The summed E-state index contributed by atoms with van der Waals surface area (Å²) in [7, 11) is 8.63. The van der Waals surface area contributed by atoms with Crippen molar-refractivity contribution in [2.75, 3.05) is 46.5 Å². The van der Waals surface area contributed by atoms with Gasteiger partial charge in [-0.3, -0.25) is 4.72 Å². The van der Waals surface area contributed by atoms with Crippen LogP contribution < -0.4 is 18.9 Å². The summed E-state index contributed by atoms with van der Waals surface area (Å²) in [5, 5.41) is 11.3. The van der Waals surface area contributed by atoms with Gasteiger partial charge in [-0.05, 0) is 50.5 Å². The van der Waals surface area contributed by atoms with Crippen LogP contribution in [0.2, 0.25) is 5.02 Å². The third-order valence-corrected chi connectivity index (χ3v) is 6.32. The Morgan fingerprint density at radius 3 is 2.62 bits per heavy atom. The largest absolute Gasteiger partial charge is 0.460 e. The summed E-state index contributed by atoms with van der Waals surface area (Å²) < 4.78 is 28.4. The third kappa shape index (κ3) is 6.08. The van der Waals surface area contributed by atoms with Crippen LogP contribution in [0.4, 0.5) is 10.5 Å². The molecule has 0 radical (unpaired) electrons. The molecule has 0 saturated heterocycles. The van der Waals surface area contributed by atoms with Crippen molar-refractivity contribution in [1.82, 2.24) is 14.5 Å². The van der Waals surface area contributed by atoms with Crippen LogP contribution >= 0.6 is 11.6 Å². The van der Waals surface area contributed by atoms with E-state index in [1.807, 2.05) is 31.1 Å². The summed E-state index contributed by atoms with van der Waals surface area (Å²) in [5.41, 5.74) is 3.60. The number of carbonyl (C=O) groups excluding carboxylic acids is 1. The molecule has 3 rings (SSSR count). The van der Waals surface area contributed by atoms with Crippen molar-refractivity contribution in [1.29, 1.82) is 0 Å². The maximum absolute atomic E-state index is 11.9. The number of anilines is 1. The Hall–Kier alpha value is -2.63. The van der Waals surface area contributed by atoms with Gasteiger partial charge < -0.3 is 24.4 Å². The number of rotatable bonds is 8. The number of ether oxygens (including phenoxy) is 2. The number of halogens is 1. The number of carbonyl (C=O) groups is 1. The predicted octanol–water partition coefficient (Wildman–Crippen LogP) is 2.88. The van der Waals surface area contributed by atoms with Gasteiger partial charge in [0.1, 0.15) is 11.5 Å². The normalized spacial score (nSPS) is 16.1. The van der Waals surface area contributed by atoms with Crippen molar-refractivity contribution in [3.63, 3.8) is 0 Å². The second-order valence-corrected chi connectivity index (χ2v) is 9.69. The van der Waals surface area contributed by atoms with Crippen LogP contribution in [0.3, 0.4) is 0 Å². The first kappa shape index (κ1) is 26.0. The molecule has 0 fully saturated rings. The van der Waals surface area contributed by atoms with E-state index in [0.29, 0.717) is 40.7 Å². The topological polar surface area (TPSA) is 103 Å². The minimum absolute atomic E-state index is 0.316. The van der Waals surface area contributed by atoms with E-state index >= 15 is 0 Å². The Kier molecular flexibility index (Phi) is 8.56. The van der Waals surface area contributed by atoms with Gasteiger partial charge in [-0.15, -0.1) is 0 Å². The summed E-state index contributed by atoms with van der Waals surface area (Å²) in [6.45, 7) is 0.541. The van der Waals surface area contributed by atoms with Gasteiger partial charge in [-0.2, -0.15) is 0 Å². The van der Waals surface area contributed by atoms with Crippen LogP contribution in [0.15, 0.2) is 42.0 Å². The van der Waals surface area contributed by atoms with E-state index in [2.05, 4.69) is 9.44 Å². The number of hydrogen-bond donors (Lipinski definition) is 3. The molecule has 2 atom stereocenters. The van der Waals surface area contributed by atoms with Crippen molar-refractivity contribution >= 4 is 40.1 Å². The molecule has 0 saturated carbocycles. The Bertz CT molecular complexity index is 1120. The average Bonchev–Trinajstić information content (AvgIpc) is 2.77. The first-order valence-electron chi connectivity index (χ1n) is 10.5. The van der Waals surface area contributed by atoms with E-state index in [9.17, 15) is 14.1 Å². The smallest absolute Gasteiger partial charge is 0.414 e. The maximum atomic E-state index is 11.9. The minimum Gasteiger partial charge on any atom is -0.460 e. The first-order chi connectivity index (χ1) is 16.1. The van der Waals surface area contributed by atoms with Crippen LogP contribution in [0.1, 0.15) is 11.1 Å². The second-order valence-electron chi connectivity index (χ2n) is 8.16. The highest BCUT2D eigenvalue weighted by atomic mass is 35.5. The zero-order chi connectivity index (χ0) is 25.0. The lowest BCUT2D eigenvalue weighted by molar-refractivity contribution is 0.0100. The van der Waals surface area contributed by atoms with Crippen LogP contribution in [-0.2, 0) is 17.6 Å². The fourth-order valence-corrected chi connectivity index (χ4v) is 4.23. The number of aliphatic hydroxyl groups is 1. The average molecular weight is 509 g/mol. The van der Waals surface area contributed by atoms with Crippen molar-refractivity contribution in [3.8, 4) is 11.5 Å². The summed E-state index contributed by atoms with van der Waals surface area (Å²) in [6.07, 6.45) is -1.41. The molecule has 1 amide bonds. The Labute approximate surface area is 207 Å². The van der Waals surface area contributed by atoms with Gasteiger partial charge in [-0.1, -0.05) is 23.7 Å². The number of nitrogens with zero attached hydrogens (tertiary/aromatic N) is 2. The van der Waals surface area contributed by atoms with E-state index in [-0.39, 0.29) is 0 Å². The molecule has 1 aliphatic rings. The molecule has 0 spiro atoms. The summed E-state index contributed by atoms with van der Waals surface area (Å²) in [6, 6.07) is 10.5. The van der Waals surface area contributed by atoms with E-state index in [1.54, 1.807) is 45.4 Å². The molecule has 0 aliphatic carbocycles. The van der Waals surface area contributed by atoms with Gasteiger partial charge in [0.25, 0.3) is 0 Å². The molecule has 184 valence electrons. The molecule has 2 aromatic rings. The maximum Gasteiger partial charge on any atom is 0.414 e. The van der Waals surface area contributed by atoms with E-state index in [0.717, 1.165) is 16.7 Å². The van der Waals surface area contributed by atoms with Gasteiger partial charge >= 0.3 is 6.09 Å². The SMILES string of the molecule is CNS(=O)Nc1cccc(CC2=C(CN(C)C)c3ccc(OC(=O)N(C)C)cc3OC2O)c1Cl. The van der Waals surface area contributed by atoms with Gasteiger partial charge in [-0.25, -0.2) is 13.7 Å². The Balaban J connectivity index is 2.00. The highest BCUT2D eigenvalue weighted by molar-refractivity contribution is 7.84. The van der Waals surface area contributed by atoms with Crippen LogP contribution in [0, 0.1) is 0 Å². The number of nitrogens with one attached hydrogen (secondary N) is 2. The lowest BCUT2D eigenvalue weighted by Gasteiger charge is -2.30. The van der Waals surface area contributed by atoms with Crippen molar-refractivity contribution in [2.45, 2.75) is 12.7 Å². The lowest BCUT2D eigenvalue weighted by atomic mass is 9.91. The molecule has 9 nitrogen and oxygen atoms in total. The molecular formula is C23H29ClN4O5S. The molecular weight excluding hydrogens is 480 g/mol. The van der Waals surface area contributed by atoms with Gasteiger partial charge in [0, 0.05) is 44.3 Å². The fourth-order valence-electron chi connectivity index (χ4n) is 3.47. The lowest BCUT2D eigenvalue weighted by Crippen LogP contribution is -2.29. The van der Waals surface area contributed by atoms with Gasteiger partial charge in [0.2, 0.25) is 6.29 Å². The number of benzene rings is 2. The molecule has 11 heteroatoms. The molecule has 34 heavy (non-hydrogen) atoms. The number of hydrogen-bond acceptors (Lipinski definition) is 6. The molecule has 1 aliphatic heterocycles. The minimum atomic E-state index is -1.48. The molecule has 0 bridgehead atoms. The standard InChI is InChI=1S/C23H29ClN4O5S/c1-25-34(31)26-19-8-6-7-14(21(19)24)11-17-18(13-27(2)3)16-10-9-15(32-23(30)28(4)5)12-20(16)33-22(17)29/h6-10,12,22,25-26,29H,11,13H2,1-5H3. The highest BCUT2D eigenvalue weighted by Crippen LogP contribution is 2.40. The number of likely N-dealkylation sites (N-methyl/N-ethyl adjacent to an activating group) is 1. The Morgan fingerprint density at radius 2 is 1.97 bits per heavy atom. The molecule has 2 unspecified atom stereocenters. The van der Waals surface area contributed by atoms with Gasteiger partial charge in [0.05, 0.1) is 10.7 Å². The van der Waals surface area contributed by atoms with Crippen molar-refractivity contribution in [2.24, 2.45) is 0 Å². The van der Waals surface area contributed by atoms with E-state index < -0.39 is 23.6 Å². The predicted molar refractivity (Wildman–Crippen MR) is 134 cm³/mol. The molecule has 2 aromatic carbocycles. The third-order valence-electron chi connectivity index (χ3n) is 5.09. The monoisotopic (exact) mass is 508 g/mol. The highest BCUT2D eigenvalue weighted by Gasteiger charge is 2.29. The zero-order valence-corrected chi connectivity index (χ0v) is 21.3. The van der Waals surface area contributed by atoms with Crippen LogP contribution in [0.25, 0.3) is 5.57 Å². The fraction of sp³-hybridized carbons (Fsp3) is 0.348. The van der Waals surface area contributed by atoms with E-state index in [1.165, 1.54) is 4.90 Å². The molecule has 0 aromatic heterocycles. The van der Waals surface area contributed by atoms with Crippen molar-refractivity contribution < 1.29 is 23.6 Å². The molecule has 3 N–H and O–H groups in total. The second kappa shape index (κ2) is 11.2. The number of aliphatic hydroxyl groups excluding tert-OH is 1. The summed E-state index contributed by atoms with van der Waals surface area (Å²) >= 11 is 5.11. The van der Waals surface area contributed by atoms with Crippen LogP contribution in [0.5, 0.6) is 11.5 Å². The number of amides is 1. The van der Waals surface area contributed by atoms with Gasteiger partial charge in [0.15, 0.2) is 11.2 Å². The number of fused-ring (bicyclic) bond motifs is 1. The van der Waals surface area contributed by atoms with Crippen LogP contribution in [-0.4, -0.2) is 73.3 Å².